The van der Waals surface area contributed by atoms with Gasteiger partial charge >= 0.3 is 16.5 Å². The third-order valence-corrected chi connectivity index (χ3v) is 3.15. The molecule has 0 saturated carbocycles. The highest BCUT2D eigenvalue weighted by Crippen LogP contribution is 2.18. The standard InChI is InChI=1S/C9H18N4O8S/c10-3-4-20-12-8(14)7-2-1-6(5-13(7)9(15)16)11-21-22(17,18)19/h6-7,11H,1-5,10H2,(H,12,14)(H,15,16)(H,17,18,19)/t6-,7+/m1/s1. The topological polar surface area (TPSA) is 181 Å². The molecule has 0 bridgehead atoms. The molecule has 6 N–H and O–H groups in total. The van der Waals surface area contributed by atoms with Crippen molar-refractivity contribution < 1.29 is 36.8 Å². The Morgan fingerprint density at radius 2 is 2.05 bits per heavy atom. The minimum Gasteiger partial charge on any atom is -0.465 e. The van der Waals surface area contributed by atoms with Crippen molar-refractivity contribution in [3.63, 3.8) is 0 Å². The van der Waals surface area contributed by atoms with Gasteiger partial charge in [-0.15, -0.1) is 0 Å². The van der Waals surface area contributed by atoms with Crippen LogP contribution in [0.2, 0.25) is 0 Å². The summed E-state index contributed by atoms with van der Waals surface area (Å²) in [5, 5.41) is 9.12. The predicted octanol–water partition coefficient (Wildman–Crippen LogP) is -2.17. The summed E-state index contributed by atoms with van der Waals surface area (Å²) in [6.07, 6.45) is -1.01. The molecule has 1 aliphatic heterocycles. The van der Waals surface area contributed by atoms with E-state index in [1.165, 1.54) is 0 Å². The van der Waals surface area contributed by atoms with Crippen molar-refractivity contribution in [3.05, 3.63) is 0 Å². The molecule has 0 aromatic carbocycles. The van der Waals surface area contributed by atoms with Crippen molar-refractivity contribution in [3.8, 4) is 0 Å². The Kier molecular flexibility index (Phi) is 6.92. The first-order chi connectivity index (χ1) is 10.2. The Labute approximate surface area is 126 Å². The predicted molar refractivity (Wildman–Crippen MR) is 70.5 cm³/mol. The average molecular weight is 342 g/mol. The maximum Gasteiger partial charge on any atom is 0.413 e. The number of rotatable bonds is 7. The molecule has 13 heteroatoms. The maximum atomic E-state index is 11.8. The Bertz CT molecular complexity index is 498. The third kappa shape index (κ3) is 6.08. The van der Waals surface area contributed by atoms with Crippen LogP contribution in [0, 0.1) is 0 Å². The van der Waals surface area contributed by atoms with E-state index in [1.54, 1.807) is 0 Å². The minimum absolute atomic E-state index is 0.0813. The lowest BCUT2D eigenvalue weighted by molar-refractivity contribution is -0.140. The SMILES string of the molecule is NCCONC(=O)[C@@H]1CC[C@@H](NOS(=O)(=O)O)CN1C(=O)O. The summed E-state index contributed by atoms with van der Waals surface area (Å²) in [5.41, 5.74) is 9.32. The fourth-order valence-electron chi connectivity index (χ4n) is 1.93. The summed E-state index contributed by atoms with van der Waals surface area (Å²) in [5.74, 6) is -0.648. The molecule has 1 saturated heterocycles. The zero-order valence-electron chi connectivity index (χ0n) is 11.5. The van der Waals surface area contributed by atoms with Crippen LogP contribution < -0.4 is 16.7 Å². The van der Waals surface area contributed by atoms with Crippen LogP contribution in [-0.4, -0.2) is 66.8 Å². The molecule has 22 heavy (non-hydrogen) atoms. The number of hydroxylamine groups is 2. The van der Waals surface area contributed by atoms with Crippen molar-refractivity contribution in [2.24, 2.45) is 5.73 Å². The van der Waals surface area contributed by atoms with Crippen LogP contribution in [0.1, 0.15) is 12.8 Å². The highest BCUT2D eigenvalue weighted by Gasteiger charge is 2.36. The number of nitrogens with zero attached hydrogens (tertiary/aromatic N) is 1. The number of hydrogen-bond donors (Lipinski definition) is 5. The van der Waals surface area contributed by atoms with Gasteiger partial charge in [-0.3, -0.25) is 19.1 Å². The quantitative estimate of drug-likeness (QED) is 0.194. The van der Waals surface area contributed by atoms with Crippen LogP contribution in [0.5, 0.6) is 0 Å². The van der Waals surface area contributed by atoms with Crippen molar-refractivity contribution in [1.82, 2.24) is 15.9 Å². The van der Waals surface area contributed by atoms with Gasteiger partial charge in [0.25, 0.3) is 5.91 Å². The van der Waals surface area contributed by atoms with Gasteiger partial charge in [0.15, 0.2) is 0 Å². The van der Waals surface area contributed by atoms with Gasteiger partial charge in [-0.25, -0.2) is 10.3 Å². The molecule has 0 radical (unpaired) electrons. The van der Waals surface area contributed by atoms with E-state index in [9.17, 15) is 18.0 Å². The summed E-state index contributed by atoms with van der Waals surface area (Å²) in [4.78, 5) is 28.6. The van der Waals surface area contributed by atoms with E-state index < -0.39 is 34.5 Å². The van der Waals surface area contributed by atoms with Crippen LogP contribution in [0.25, 0.3) is 0 Å². The molecule has 1 aliphatic rings. The first kappa shape index (κ1) is 18.5. The minimum atomic E-state index is -4.69. The summed E-state index contributed by atoms with van der Waals surface area (Å²) < 4.78 is 33.4. The molecule has 1 fully saturated rings. The van der Waals surface area contributed by atoms with E-state index in [1.807, 2.05) is 5.48 Å². The van der Waals surface area contributed by atoms with Gasteiger partial charge in [0, 0.05) is 13.1 Å². The van der Waals surface area contributed by atoms with Gasteiger partial charge in [-0.05, 0) is 12.8 Å². The summed E-state index contributed by atoms with van der Waals surface area (Å²) in [7, 11) is -4.69. The molecule has 0 aromatic heterocycles. The number of likely N-dealkylation sites (tertiary alicyclic amines) is 1. The third-order valence-electron chi connectivity index (χ3n) is 2.84. The normalized spacial score (nSPS) is 22.4. The van der Waals surface area contributed by atoms with Gasteiger partial charge in [0.2, 0.25) is 0 Å². The lowest BCUT2D eigenvalue weighted by atomic mass is 9.99. The van der Waals surface area contributed by atoms with E-state index in [2.05, 4.69) is 9.76 Å². The number of amides is 2. The molecule has 1 rings (SSSR count). The Balaban J connectivity index is 2.60. The zero-order valence-corrected chi connectivity index (χ0v) is 12.3. The monoisotopic (exact) mass is 342 g/mol. The molecule has 0 aliphatic carbocycles. The van der Waals surface area contributed by atoms with E-state index in [-0.39, 0.29) is 32.5 Å². The van der Waals surface area contributed by atoms with E-state index in [0.29, 0.717) is 0 Å². The Hall–Kier alpha value is -1.51. The molecule has 0 aromatic rings. The summed E-state index contributed by atoms with van der Waals surface area (Å²) >= 11 is 0. The van der Waals surface area contributed by atoms with Crippen LogP contribution >= 0.6 is 0 Å². The van der Waals surface area contributed by atoms with Gasteiger partial charge < -0.3 is 10.8 Å². The fourth-order valence-corrected chi connectivity index (χ4v) is 2.19. The van der Waals surface area contributed by atoms with Crippen LogP contribution in [-0.2, 0) is 24.3 Å². The number of carboxylic acid groups (broad SMARTS) is 1. The molecule has 0 unspecified atom stereocenters. The van der Waals surface area contributed by atoms with Crippen molar-refractivity contribution in [1.29, 1.82) is 0 Å². The number of nitrogens with one attached hydrogen (secondary N) is 2. The molecule has 12 nitrogen and oxygen atoms in total. The highest BCUT2D eigenvalue weighted by atomic mass is 32.3. The Morgan fingerprint density at radius 1 is 1.36 bits per heavy atom. The molecule has 0 spiro atoms. The largest absolute Gasteiger partial charge is 0.465 e. The second-order valence-corrected chi connectivity index (χ2v) is 5.48. The second-order valence-electron chi connectivity index (χ2n) is 4.46. The van der Waals surface area contributed by atoms with E-state index >= 15 is 0 Å². The van der Waals surface area contributed by atoms with Crippen LogP contribution in [0.4, 0.5) is 4.79 Å². The van der Waals surface area contributed by atoms with Crippen molar-refractivity contribution in [2.45, 2.75) is 24.9 Å². The van der Waals surface area contributed by atoms with Gasteiger partial charge in [-0.2, -0.15) is 18.2 Å². The van der Waals surface area contributed by atoms with Crippen LogP contribution in [0.3, 0.4) is 0 Å². The Morgan fingerprint density at radius 3 is 2.59 bits per heavy atom. The molecule has 1 heterocycles. The van der Waals surface area contributed by atoms with E-state index in [4.69, 9.17) is 20.2 Å². The summed E-state index contributed by atoms with van der Waals surface area (Å²) in [6, 6.07) is -1.69. The number of piperidine rings is 1. The van der Waals surface area contributed by atoms with Crippen molar-refractivity contribution >= 4 is 22.4 Å². The van der Waals surface area contributed by atoms with Crippen LogP contribution in [0.15, 0.2) is 0 Å². The first-order valence-corrected chi connectivity index (χ1v) is 7.63. The number of nitrogens with two attached hydrogens (primary N) is 1. The average Bonchev–Trinajstić information content (AvgIpc) is 2.44. The van der Waals surface area contributed by atoms with Gasteiger partial charge in [-0.1, -0.05) is 0 Å². The molecule has 2 atom stereocenters. The second kappa shape index (κ2) is 8.21. The molecular weight excluding hydrogens is 324 g/mol. The number of hydrogen-bond acceptors (Lipinski definition) is 8. The lowest BCUT2D eigenvalue weighted by Crippen LogP contribution is -2.57. The highest BCUT2D eigenvalue weighted by molar-refractivity contribution is 7.80. The fraction of sp³-hybridized carbons (Fsp3) is 0.778. The number of carbonyl (C=O) groups excluding carboxylic acids is 1. The molecule has 128 valence electrons. The zero-order chi connectivity index (χ0) is 16.8. The molecule has 2 amide bonds. The number of carbonyl (C=O) groups is 2. The summed E-state index contributed by atoms with van der Waals surface area (Å²) in [6.45, 7) is 0.0598. The van der Waals surface area contributed by atoms with Crippen molar-refractivity contribution in [2.75, 3.05) is 19.7 Å². The smallest absolute Gasteiger partial charge is 0.413 e. The first-order valence-electron chi connectivity index (χ1n) is 6.27. The van der Waals surface area contributed by atoms with E-state index in [0.717, 1.165) is 4.90 Å². The van der Waals surface area contributed by atoms with Gasteiger partial charge in [0.1, 0.15) is 6.04 Å². The molecular formula is C9H18N4O8S. The van der Waals surface area contributed by atoms with Gasteiger partial charge in [0.05, 0.1) is 12.6 Å². The maximum absolute atomic E-state index is 11.8. The lowest BCUT2D eigenvalue weighted by Gasteiger charge is -2.36.